The van der Waals surface area contributed by atoms with Crippen LogP contribution in [0.4, 0.5) is 0 Å². The maximum atomic E-state index is 4.75. The molecule has 0 aliphatic carbocycles. The summed E-state index contributed by atoms with van der Waals surface area (Å²) in [6.07, 6.45) is 0. The van der Waals surface area contributed by atoms with E-state index in [9.17, 15) is 0 Å². The van der Waals surface area contributed by atoms with Crippen molar-refractivity contribution in [1.82, 2.24) is 14.8 Å². The van der Waals surface area contributed by atoms with Gasteiger partial charge in [0.1, 0.15) is 0 Å². The summed E-state index contributed by atoms with van der Waals surface area (Å²) in [5.41, 5.74) is 4.38. The van der Waals surface area contributed by atoms with E-state index in [1.165, 1.54) is 10.6 Å². The molecule has 3 nitrogen and oxygen atoms in total. The zero-order valence-corrected chi connectivity index (χ0v) is 13.7. The number of hydrogen-bond acceptors (Lipinski definition) is 3. The van der Waals surface area contributed by atoms with E-state index in [0.29, 0.717) is 0 Å². The van der Waals surface area contributed by atoms with Crippen molar-refractivity contribution < 1.29 is 0 Å². The van der Waals surface area contributed by atoms with Gasteiger partial charge >= 0.3 is 0 Å². The fourth-order valence-corrected chi connectivity index (χ4v) is 3.19. The molecular weight excluding hydrogens is 290 g/mol. The maximum Gasteiger partial charge on any atom is 0.0834 e. The number of rotatable bonds is 5. The van der Waals surface area contributed by atoms with Crippen LogP contribution in [0.25, 0.3) is 0 Å². The van der Waals surface area contributed by atoms with Crippen molar-refractivity contribution in [2.75, 3.05) is 0 Å². The molecule has 1 aromatic carbocycles. The highest BCUT2D eigenvalue weighted by Crippen LogP contribution is 2.21. The summed E-state index contributed by atoms with van der Waals surface area (Å²) in [5, 5.41) is 4.50. The molecule has 0 N–H and O–H groups in total. The zero-order valence-electron chi connectivity index (χ0n) is 12.9. The van der Waals surface area contributed by atoms with Gasteiger partial charge in [-0.2, -0.15) is 5.10 Å². The Bertz CT molecular complexity index is 750. The first kappa shape index (κ1) is 14.9. The molecule has 0 aliphatic rings. The highest BCUT2D eigenvalue weighted by Gasteiger charge is 2.04. The van der Waals surface area contributed by atoms with Crippen molar-refractivity contribution >= 4 is 11.8 Å². The summed E-state index contributed by atoms with van der Waals surface area (Å²) in [7, 11) is 0. The van der Waals surface area contributed by atoms with Crippen molar-refractivity contribution in [3.05, 3.63) is 77.4 Å². The van der Waals surface area contributed by atoms with E-state index < -0.39 is 0 Å². The molecule has 0 saturated carbocycles. The maximum absolute atomic E-state index is 4.75. The Morgan fingerprint density at radius 1 is 0.955 bits per heavy atom. The fourth-order valence-electron chi connectivity index (χ4n) is 2.36. The van der Waals surface area contributed by atoms with Crippen molar-refractivity contribution in [1.29, 1.82) is 0 Å². The first-order valence-electron chi connectivity index (χ1n) is 7.34. The average molecular weight is 309 g/mol. The van der Waals surface area contributed by atoms with Gasteiger partial charge in [-0.05, 0) is 44.2 Å². The van der Waals surface area contributed by atoms with Crippen LogP contribution in [0, 0.1) is 13.8 Å². The second kappa shape index (κ2) is 6.79. The Labute approximate surface area is 135 Å². The SMILES string of the molecule is Cc1cc(C)n(Cc2cccc(CSc3ccccc3)n2)n1. The lowest BCUT2D eigenvalue weighted by atomic mass is 10.3. The lowest BCUT2D eigenvalue weighted by Gasteiger charge is -2.06. The van der Waals surface area contributed by atoms with Gasteiger partial charge in [0, 0.05) is 16.3 Å². The van der Waals surface area contributed by atoms with E-state index in [2.05, 4.69) is 60.6 Å². The number of thioether (sulfide) groups is 1. The summed E-state index contributed by atoms with van der Waals surface area (Å²) >= 11 is 1.81. The van der Waals surface area contributed by atoms with Crippen LogP contribution < -0.4 is 0 Å². The molecule has 0 aliphatic heterocycles. The van der Waals surface area contributed by atoms with E-state index in [1.54, 1.807) is 0 Å². The van der Waals surface area contributed by atoms with Gasteiger partial charge in [0.05, 0.1) is 23.6 Å². The number of hydrogen-bond donors (Lipinski definition) is 0. The van der Waals surface area contributed by atoms with Gasteiger partial charge in [-0.1, -0.05) is 24.3 Å². The highest BCUT2D eigenvalue weighted by atomic mass is 32.2. The molecule has 0 atom stereocenters. The van der Waals surface area contributed by atoms with Crippen LogP contribution in [0.15, 0.2) is 59.5 Å². The molecule has 3 aromatic rings. The minimum atomic E-state index is 0.726. The highest BCUT2D eigenvalue weighted by molar-refractivity contribution is 7.98. The van der Waals surface area contributed by atoms with E-state index >= 15 is 0 Å². The summed E-state index contributed by atoms with van der Waals surface area (Å²) < 4.78 is 2.01. The molecule has 0 saturated heterocycles. The Kier molecular flexibility index (Phi) is 4.59. The third kappa shape index (κ3) is 3.77. The molecule has 0 amide bonds. The molecule has 0 fully saturated rings. The van der Waals surface area contributed by atoms with Crippen LogP contribution in [-0.2, 0) is 12.3 Å². The largest absolute Gasteiger partial charge is 0.264 e. The molecule has 112 valence electrons. The van der Waals surface area contributed by atoms with E-state index in [1.807, 2.05) is 29.4 Å². The number of pyridine rings is 1. The average Bonchev–Trinajstić information content (AvgIpc) is 2.84. The smallest absolute Gasteiger partial charge is 0.0834 e. The third-order valence-electron chi connectivity index (χ3n) is 3.41. The van der Waals surface area contributed by atoms with Gasteiger partial charge in [0.25, 0.3) is 0 Å². The zero-order chi connectivity index (χ0) is 15.4. The van der Waals surface area contributed by atoms with Crippen LogP contribution in [0.1, 0.15) is 22.8 Å². The molecule has 4 heteroatoms. The monoisotopic (exact) mass is 309 g/mol. The van der Waals surface area contributed by atoms with Gasteiger partial charge in [-0.25, -0.2) is 0 Å². The lowest BCUT2D eigenvalue weighted by Crippen LogP contribution is -2.06. The van der Waals surface area contributed by atoms with Gasteiger partial charge < -0.3 is 0 Å². The quantitative estimate of drug-likeness (QED) is 0.661. The summed E-state index contributed by atoms with van der Waals surface area (Å²) in [6, 6.07) is 18.7. The number of nitrogens with zero attached hydrogens (tertiary/aromatic N) is 3. The summed E-state index contributed by atoms with van der Waals surface area (Å²) in [6.45, 7) is 4.82. The van der Waals surface area contributed by atoms with Gasteiger partial charge in [-0.3, -0.25) is 9.67 Å². The Balaban J connectivity index is 1.68. The van der Waals surface area contributed by atoms with Crippen molar-refractivity contribution in [3.8, 4) is 0 Å². The van der Waals surface area contributed by atoms with Gasteiger partial charge in [0.2, 0.25) is 0 Å². The molecular formula is C18H19N3S. The van der Waals surface area contributed by atoms with Crippen molar-refractivity contribution in [2.24, 2.45) is 0 Å². The normalized spacial score (nSPS) is 10.8. The van der Waals surface area contributed by atoms with Crippen LogP contribution in [0.5, 0.6) is 0 Å². The first-order chi connectivity index (χ1) is 10.7. The number of aromatic nitrogens is 3. The van der Waals surface area contributed by atoms with Crippen LogP contribution in [-0.4, -0.2) is 14.8 Å². The number of aryl methyl sites for hydroxylation is 2. The van der Waals surface area contributed by atoms with Crippen molar-refractivity contribution in [3.63, 3.8) is 0 Å². The molecule has 0 spiro atoms. The van der Waals surface area contributed by atoms with Gasteiger partial charge in [-0.15, -0.1) is 11.8 Å². The Morgan fingerprint density at radius 3 is 2.45 bits per heavy atom. The summed E-state index contributed by atoms with van der Waals surface area (Å²) in [5.74, 6) is 0.884. The second-order valence-corrected chi connectivity index (χ2v) is 6.36. The fraction of sp³-hybridized carbons (Fsp3) is 0.222. The molecule has 0 bridgehead atoms. The lowest BCUT2D eigenvalue weighted by molar-refractivity contribution is 0.645. The minimum Gasteiger partial charge on any atom is -0.264 e. The van der Waals surface area contributed by atoms with E-state index in [4.69, 9.17) is 4.98 Å². The van der Waals surface area contributed by atoms with Crippen molar-refractivity contribution in [2.45, 2.75) is 31.0 Å². The molecule has 22 heavy (non-hydrogen) atoms. The van der Waals surface area contributed by atoms with E-state index in [-0.39, 0.29) is 0 Å². The molecule has 0 radical (unpaired) electrons. The standard InChI is InChI=1S/C18H19N3S/c1-14-11-15(2)21(20-14)12-16-7-6-8-17(19-16)13-22-18-9-4-3-5-10-18/h3-11H,12-13H2,1-2H3. The Morgan fingerprint density at radius 2 is 1.73 bits per heavy atom. The second-order valence-electron chi connectivity index (χ2n) is 5.31. The molecule has 2 aromatic heterocycles. The predicted octanol–water partition coefficient (Wildman–Crippen LogP) is 4.24. The Hall–Kier alpha value is -2.07. The van der Waals surface area contributed by atoms with E-state index in [0.717, 1.165) is 29.4 Å². The predicted molar refractivity (Wildman–Crippen MR) is 91.0 cm³/mol. The van der Waals surface area contributed by atoms with Crippen LogP contribution >= 0.6 is 11.8 Å². The topological polar surface area (TPSA) is 30.7 Å². The minimum absolute atomic E-state index is 0.726. The molecule has 3 rings (SSSR count). The number of benzene rings is 1. The molecule has 0 unspecified atom stereocenters. The van der Waals surface area contributed by atoms with Gasteiger partial charge in [0.15, 0.2) is 0 Å². The summed E-state index contributed by atoms with van der Waals surface area (Å²) in [4.78, 5) is 6.02. The molecule has 2 heterocycles. The first-order valence-corrected chi connectivity index (χ1v) is 8.33. The third-order valence-corrected chi connectivity index (χ3v) is 4.46. The van der Waals surface area contributed by atoms with Crippen LogP contribution in [0.3, 0.4) is 0 Å². The van der Waals surface area contributed by atoms with Crippen LogP contribution in [0.2, 0.25) is 0 Å².